The van der Waals surface area contributed by atoms with Crippen LogP contribution in [0.4, 0.5) is 17.3 Å². The number of thioether (sulfide) groups is 1. The Morgan fingerprint density at radius 3 is 2.26 bits per heavy atom. The second-order valence-corrected chi connectivity index (χ2v) is 8.08. The van der Waals surface area contributed by atoms with Gasteiger partial charge in [-0.25, -0.2) is 23.1 Å². The highest BCUT2D eigenvalue weighted by Crippen LogP contribution is 2.18. The summed E-state index contributed by atoms with van der Waals surface area (Å²) in [6, 6.07) is 6.88. The van der Waals surface area contributed by atoms with Gasteiger partial charge < -0.3 is 16.8 Å². The summed E-state index contributed by atoms with van der Waals surface area (Å²) in [5, 5.41) is 3.03. The van der Waals surface area contributed by atoms with E-state index < -0.39 is 15.9 Å². The quantitative estimate of drug-likeness (QED) is 0.376. The van der Waals surface area contributed by atoms with Crippen molar-refractivity contribution in [2.45, 2.75) is 23.4 Å². The number of nitrogens with two attached hydrogens (primary N) is 2. The van der Waals surface area contributed by atoms with E-state index in [1.807, 2.05) is 4.72 Å². The zero-order valence-corrected chi connectivity index (χ0v) is 15.9. The van der Waals surface area contributed by atoms with Gasteiger partial charge in [0.1, 0.15) is 11.6 Å². The number of anilines is 3. The number of amides is 2. The molecule has 0 radical (unpaired) electrons. The number of aromatic nitrogens is 2. The highest BCUT2D eigenvalue weighted by atomic mass is 32.2. The van der Waals surface area contributed by atoms with Crippen molar-refractivity contribution in [3.05, 3.63) is 30.3 Å². The number of benzene rings is 1. The Bertz CT molecular complexity index is 927. The average molecular weight is 410 g/mol. The number of hydrogen-bond acceptors (Lipinski definition) is 9. The van der Waals surface area contributed by atoms with E-state index in [9.17, 15) is 18.0 Å². The molecule has 0 aliphatic rings. The SMILES string of the molecule is CC(=O)NS(=O)(=O)c1ccc(NC(=O)CCSc2nc(N)cc(N)n2)cc1. The maximum Gasteiger partial charge on any atom is 0.264 e. The van der Waals surface area contributed by atoms with E-state index in [4.69, 9.17) is 11.5 Å². The lowest BCUT2D eigenvalue weighted by Crippen LogP contribution is -2.28. The summed E-state index contributed by atoms with van der Waals surface area (Å²) in [7, 11) is -3.91. The van der Waals surface area contributed by atoms with Crippen LogP contribution in [-0.4, -0.2) is 36.0 Å². The van der Waals surface area contributed by atoms with Gasteiger partial charge in [0.2, 0.25) is 11.8 Å². The molecule has 6 N–H and O–H groups in total. The Kier molecular flexibility index (Phi) is 6.58. The molecule has 27 heavy (non-hydrogen) atoms. The molecule has 0 aliphatic carbocycles. The van der Waals surface area contributed by atoms with E-state index in [1.54, 1.807) is 0 Å². The molecule has 0 atom stereocenters. The monoisotopic (exact) mass is 410 g/mol. The lowest BCUT2D eigenvalue weighted by atomic mass is 10.3. The van der Waals surface area contributed by atoms with Gasteiger partial charge in [-0.1, -0.05) is 11.8 Å². The molecule has 10 nitrogen and oxygen atoms in total. The summed E-state index contributed by atoms with van der Waals surface area (Å²) in [4.78, 5) is 30.8. The summed E-state index contributed by atoms with van der Waals surface area (Å²) < 4.78 is 25.6. The average Bonchev–Trinajstić information content (AvgIpc) is 2.53. The Hall–Kier alpha value is -2.86. The smallest absolute Gasteiger partial charge is 0.264 e. The van der Waals surface area contributed by atoms with Crippen LogP contribution in [0.1, 0.15) is 13.3 Å². The van der Waals surface area contributed by atoms with Crippen molar-refractivity contribution in [3.63, 3.8) is 0 Å². The van der Waals surface area contributed by atoms with E-state index in [1.165, 1.54) is 42.1 Å². The van der Waals surface area contributed by atoms with Gasteiger partial charge >= 0.3 is 0 Å². The van der Waals surface area contributed by atoms with Crippen LogP contribution in [0.3, 0.4) is 0 Å². The third kappa shape index (κ3) is 6.42. The van der Waals surface area contributed by atoms with Gasteiger partial charge in [0.15, 0.2) is 5.16 Å². The molecule has 0 fully saturated rings. The minimum atomic E-state index is -3.91. The molecule has 0 unspecified atom stereocenters. The molecule has 0 bridgehead atoms. The topological polar surface area (TPSA) is 170 Å². The van der Waals surface area contributed by atoms with Crippen LogP contribution in [0, 0.1) is 0 Å². The van der Waals surface area contributed by atoms with E-state index in [0.717, 1.165) is 6.92 Å². The van der Waals surface area contributed by atoms with Gasteiger partial charge in [0.25, 0.3) is 10.0 Å². The number of rotatable bonds is 7. The lowest BCUT2D eigenvalue weighted by Gasteiger charge is -2.08. The van der Waals surface area contributed by atoms with Crippen LogP contribution in [0.2, 0.25) is 0 Å². The molecule has 1 heterocycles. The van der Waals surface area contributed by atoms with Crippen molar-refractivity contribution >= 4 is 50.9 Å². The first-order valence-electron chi connectivity index (χ1n) is 7.62. The molecule has 1 aromatic carbocycles. The Morgan fingerprint density at radius 1 is 1.11 bits per heavy atom. The molecule has 2 amide bonds. The van der Waals surface area contributed by atoms with Gasteiger partial charge in [-0.3, -0.25) is 9.59 Å². The van der Waals surface area contributed by atoms with Crippen molar-refractivity contribution in [1.82, 2.24) is 14.7 Å². The second-order valence-electron chi connectivity index (χ2n) is 5.33. The maximum absolute atomic E-state index is 12.0. The summed E-state index contributed by atoms with van der Waals surface area (Å²) in [5.74, 6) is -0.0378. The van der Waals surface area contributed by atoms with Crippen LogP contribution in [0.15, 0.2) is 40.4 Å². The number of nitrogen functional groups attached to an aromatic ring is 2. The van der Waals surface area contributed by atoms with Crippen LogP contribution in [0.25, 0.3) is 0 Å². The molecule has 2 aromatic rings. The van der Waals surface area contributed by atoms with Gasteiger partial charge in [0, 0.05) is 30.9 Å². The number of carbonyl (C=O) groups excluding carboxylic acids is 2. The van der Waals surface area contributed by atoms with Crippen LogP contribution >= 0.6 is 11.8 Å². The minimum Gasteiger partial charge on any atom is -0.383 e. The van der Waals surface area contributed by atoms with E-state index in [2.05, 4.69) is 15.3 Å². The molecule has 0 spiro atoms. The van der Waals surface area contributed by atoms with E-state index in [-0.39, 0.29) is 28.9 Å². The molecule has 0 saturated carbocycles. The highest BCUT2D eigenvalue weighted by Gasteiger charge is 2.15. The maximum atomic E-state index is 12.0. The number of carbonyl (C=O) groups is 2. The van der Waals surface area contributed by atoms with Gasteiger partial charge in [-0.15, -0.1) is 0 Å². The van der Waals surface area contributed by atoms with Gasteiger partial charge in [-0.05, 0) is 24.3 Å². The number of nitrogens with zero attached hydrogens (tertiary/aromatic N) is 2. The first kappa shape index (κ1) is 20.5. The lowest BCUT2D eigenvalue weighted by molar-refractivity contribution is -0.117. The third-order valence-electron chi connectivity index (χ3n) is 3.03. The van der Waals surface area contributed by atoms with Gasteiger partial charge in [0.05, 0.1) is 4.90 Å². The van der Waals surface area contributed by atoms with Crippen molar-refractivity contribution in [2.24, 2.45) is 0 Å². The predicted octanol–water partition coefficient (Wildman–Crippen LogP) is 0.587. The van der Waals surface area contributed by atoms with E-state index >= 15 is 0 Å². The fourth-order valence-electron chi connectivity index (χ4n) is 1.95. The number of nitrogens with one attached hydrogen (secondary N) is 2. The summed E-state index contributed by atoms with van der Waals surface area (Å²) >= 11 is 1.24. The first-order valence-corrected chi connectivity index (χ1v) is 10.1. The Morgan fingerprint density at radius 2 is 1.70 bits per heavy atom. The molecular formula is C15H18N6O4S2. The number of sulfonamides is 1. The number of hydrogen-bond donors (Lipinski definition) is 4. The van der Waals surface area contributed by atoms with Crippen LogP contribution < -0.4 is 21.5 Å². The highest BCUT2D eigenvalue weighted by molar-refractivity contribution is 7.99. The van der Waals surface area contributed by atoms with Crippen molar-refractivity contribution in [1.29, 1.82) is 0 Å². The van der Waals surface area contributed by atoms with Crippen LogP contribution in [-0.2, 0) is 19.6 Å². The fraction of sp³-hybridized carbons (Fsp3) is 0.200. The summed E-state index contributed by atoms with van der Waals surface area (Å²) in [6.45, 7) is 1.10. The Labute approximate surface area is 160 Å². The van der Waals surface area contributed by atoms with Crippen molar-refractivity contribution < 1.29 is 18.0 Å². The molecule has 12 heteroatoms. The zero-order chi connectivity index (χ0) is 20.0. The second kappa shape index (κ2) is 8.68. The predicted molar refractivity (Wildman–Crippen MR) is 102 cm³/mol. The molecule has 2 rings (SSSR count). The van der Waals surface area contributed by atoms with Crippen molar-refractivity contribution in [2.75, 3.05) is 22.5 Å². The molecule has 0 saturated heterocycles. The van der Waals surface area contributed by atoms with E-state index in [0.29, 0.717) is 16.6 Å². The van der Waals surface area contributed by atoms with Crippen LogP contribution in [0.5, 0.6) is 0 Å². The molecule has 0 aliphatic heterocycles. The largest absolute Gasteiger partial charge is 0.383 e. The molecular weight excluding hydrogens is 392 g/mol. The zero-order valence-electron chi connectivity index (χ0n) is 14.3. The summed E-state index contributed by atoms with van der Waals surface area (Å²) in [6.07, 6.45) is 0.175. The normalized spacial score (nSPS) is 11.0. The molecule has 1 aromatic heterocycles. The Balaban J connectivity index is 1.87. The summed E-state index contributed by atoms with van der Waals surface area (Å²) in [5.41, 5.74) is 11.6. The first-order chi connectivity index (χ1) is 12.7. The standard InChI is InChI=1S/C15H18N6O4S2/c1-9(22)21-27(24,25)11-4-2-10(3-5-11)18-14(23)6-7-26-15-19-12(16)8-13(17)20-15/h2-5,8H,6-7H2,1H3,(H,18,23)(H,21,22)(H4,16,17,19,20). The minimum absolute atomic E-state index is 0.0809. The van der Waals surface area contributed by atoms with Crippen molar-refractivity contribution in [3.8, 4) is 0 Å². The van der Waals surface area contributed by atoms with Gasteiger partial charge in [-0.2, -0.15) is 0 Å². The molecule has 144 valence electrons. The third-order valence-corrected chi connectivity index (χ3v) is 5.33. The fourth-order valence-corrected chi connectivity index (χ4v) is 3.75.